The molecule has 142 valence electrons. The number of carbonyl (C=O) groups is 1. The van der Waals surface area contributed by atoms with Crippen molar-refractivity contribution in [3.8, 4) is 5.75 Å². The molecule has 7 heteroatoms. The van der Waals surface area contributed by atoms with E-state index in [2.05, 4.69) is 5.32 Å². The number of hydrogen-bond acceptors (Lipinski definition) is 4. The molecule has 2 atom stereocenters. The van der Waals surface area contributed by atoms with Gasteiger partial charge in [0.05, 0.1) is 0 Å². The molecule has 0 saturated carbocycles. The molecular weight excluding hydrogens is 352 g/mol. The van der Waals surface area contributed by atoms with E-state index in [4.69, 9.17) is 10.5 Å². The molecule has 0 saturated heterocycles. The Kier molecular flexibility index (Phi) is 4.78. The third kappa shape index (κ3) is 3.20. The van der Waals surface area contributed by atoms with Crippen LogP contribution in [0.15, 0.2) is 54.5 Å². The monoisotopic (exact) mass is 373 g/mol. The number of nitrogens with two attached hydrogens (primary N) is 1. The van der Waals surface area contributed by atoms with Gasteiger partial charge in [0.1, 0.15) is 17.4 Å². The number of hydrogen-bond donors (Lipinski definition) is 2. The Bertz CT molecular complexity index is 914. The van der Waals surface area contributed by atoms with E-state index in [1.54, 1.807) is 38.2 Å². The van der Waals surface area contributed by atoms with Crippen molar-refractivity contribution in [3.05, 3.63) is 77.0 Å². The number of halogens is 2. The van der Waals surface area contributed by atoms with Gasteiger partial charge in [-0.1, -0.05) is 18.2 Å². The first-order valence-corrected chi connectivity index (χ1v) is 8.45. The fraction of sp³-hybridized carbons (Fsp3) is 0.250. The van der Waals surface area contributed by atoms with Crippen molar-refractivity contribution in [3.63, 3.8) is 0 Å². The van der Waals surface area contributed by atoms with E-state index >= 15 is 0 Å². The maximum Gasteiger partial charge on any atom is 0.262 e. The molecule has 0 bridgehead atoms. The predicted molar refractivity (Wildman–Crippen MR) is 97.7 cm³/mol. The number of aryl methyl sites for hydroxylation is 1. The van der Waals surface area contributed by atoms with Crippen molar-refractivity contribution < 1.29 is 18.3 Å². The Balaban J connectivity index is 2.20. The Morgan fingerprint density at radius 2 is 1.93 bits per heavy atom. The molecule has 0 aliphatic carbocycles. The number of rotatable bonds is 4. The lowest BCUT2D eigenvalue weighted by Gasteiger charge is -2.40. The number of amides is 1. The maximum atomic E-state index is 13.9. The minimum absolute atomic E-state index is 0.245. The number of carbonyl (C=O) groups excluding carboxylic acids is 1. The summed E-state index contributed by atoms with van der Waals surface area (Å²) in [6.07, 6.45) is 0.0467. The summed E-state index contributed by atoms with van der Waals surface area (Å²) >= 11 is 0. The highest BCUT2D eigenvalue weighted by Gasteiger charge is 2.46. The van der Waals surface area contributed by atoms with E-state index in [0.717, 1.165) is 0 Å². The lowest BCUT2D eigenvalue weighted by atomic mass is 9.80. The van der Waals surface area contributed by atoms with E-state index in [1.165, 1.54) is 36.2 Å². The smallest absolute Gasteiger partial charge is 0.262 e. The Morgan fingerprint density at radius 3 is 2.56 bits per heavy atom. The number of alkyl halides is 1. The molecular formula is C20H21F2N3O2. The fourth-order valence-electron chi connectivity index (χ4n) is 3.20. The molecule has 1 aliphatic heterocycles. The van der Waals surface area contributed by atoms with E-state index < -0.39 is 17.7 Å². The zero-order chi connectivity index (χ0) is 19.8. The molecule has 0 aromatic heterocycles. The van der Waals surface area contributed by atoms with Gasteiger partial charge in [0.15, 0.2) is 5.54 Å². The number of ether oxygens (including phenoxy) is 1. The maximum absolute atomic E-state index is 13.9. The van der Waals surface area contributed by atoms with E-state index in [0.29, 0.717) is 22.4 Å². The first-order valence-electron chi connectivity index (χ1n) is 8.45. The molecule has 0 fully saturated rings. The summed E-state index contributed by atoms with van der Waals surface area (Å²) in [7, 11) is 1.55. The van der Waals surface area contributed by atoms with E-state index in [1.807, 2.05) is 0 Å². The van der Waals surface area contributed by atoms with Gasteiger partial charge in [0.25, 0.3) is 5.91 Å². The van der Waals surface area contributed by atoms with Gasteiger partial charge in [-0.15, -0.1) is 0 Å². The van der Waals surface area contributed by atoms with Crippen LogP contribution in [0.2, 0.25) is 0 Å². The Morgan fingerprint density at radius 1 is 1.22 bits per heavy atom. The van der Waals surface area contributed by atoms with Crippen molar-refractivity contribution in [2.75, 3.05) is 7.05 Å². The summed E-state index contributed by atoms with van der Waals surface area (Å²) in [6, 6.07) is 10.8. The average molecular weight is 373 g/mol. The van der Waals surface area contributed by atoms with Gasteiger partial charge in [0.2, 0.25) is 6.36 Å². The third-order valence-electron chi connectivity index (χ3n) is 4.60. The number of benzene rings is 2. The minimum Gasteiger partial charge on any atom is -0.460 e. The van der Waals surface area contributed by atoms with Crippen LogP contribution in [0.5, 0.6) is 5.75 Å². The van der Waals surface area contributed by atoms with Crippen LogP contribution in [0.25, 0.3) is 0 Å². The van der Waals surface area contributed by atoms with Gasteiger partial charge in [-0.2, -0.15) is 0 Å². The molecule has 0 radical (unpaired) electrons. The molecule has 2 aromatic rings. The lowest BCUT2D eigenvalue weighted by Crippen LogP contribution is -2.58. The molecule has 1 heterocycles. The van der Waals surface area contributed by atoms with Crippen LogP contribution in [-0.4, -0.2) is 24.2 Å². The molecule has 27 heavy (non-hydrogen) atoms. The highest BCUT2D eigenvalue weighted by atomic mass is 19.1. The minimum atomic E-state index is -1.46. The van der Waals surface area contributed by atoms with Crippen LogP contribution in [0.4, 0.5) is 8.78 Å². The van der Waals surface area contributed by atoms with Crippen LogP contribution in [0.1, 0.15) is 23.6 Å². The molecule has 1 amide bonds. The standard InChI is InChI=1S/C20H21F2N3O2/c1-12-9-15(7-8-17(12)27-13(2)21)20(14-5-4-6-16(22)10-14)19(26)25(3)18(23)11-24-20/h4-11,13,24H,23H2,1-3H3. The number of nitrogens with one attached hydrogen (secondary N) is 1. The van der Waals surface area contributed by atoms with Gasteiger partial charge < -0.3 is 15.8 Å². The molecule has 0 spiro atoms. The highest BCUT2D eigenvalue weighted by Crippen LogP contribution is 2.37. The highest BCUT2D eigenvalue weighted by molar-refractivity contribution is 5.93. The van der Waals surface area contributed by atoms with Crippen LogP contribution in [-0.2, 0) is 10.3 Å². The summed E-state index contributed by atoms with van der Waals surface area (Å²) in [4.78, 5) is 14.6. The molecule has 2 unspecified atom stereocenters. The van der Waals surface area contributed by atoms with Gasteiger partial charge >= 0.3 is 0 Å². The predicted octanol–water partition coefficient (Wildman–Crippen LogP) is 2.89. The number of nitrogens with zero attached hydrogens (tertiary/aromatic N) is 1. The van der Waals surface area contributed by atoms with Gasteiger partial charge in [-0.25, -0.2) is 8.78 Å². The first kappa shape index (κ1) is 18.7. The van der Waals surface area contributed by atoms with Crippen LogP contribution < -0.4 is 15.8 Å². The summed E-state index contributed by atoms with van der Waals surface area (Å²) in [5.41, 5.74) is 6.11. The molecule has 1 aliphatic rings. The molecule has 3 rings (SSSR count). The lowest BCUT2D eigenvalue weighted by molar-refractivity contribution is -0.134. The van der Waals surface area contributed by atoms with Crippen LogP contribution >= 0.6 is 0 Å². The molecule has 2 aromatic carbocycles. The van der Waals surface area contributed by atoms with E-state index in [-0.39, 0.29) is 11.7 Å². The number of likely N-dealkylation sites (N-methyl/N-ethyl adjacent to an activating group) is 1. The van der Waals surface area contributed by atoms with Crippen molar-refractivity contribution in [1.29, 1.82) is 0 Å². The summed E-state index contributed by atoms with van der Waals surface area (Å²) in [5, 5.41) is 3.05. The van der Waals surface area contributed by atoms with E-state index in [9.17, 15) is 13.6 Å². The second kappa shape index (κ2) is 6.90. The third-order valence-corrected chi connectivity index (χ3v) is 4.60. The van der Waals surface area contributed by atoms with Gasteiger partial charge in [-0.05, 0) is 47.9 Å². The average Bonchev–Trinajstić information content (AvgIpc) is 2.62. The van der Waals surface area contributed by atoms with Crippen molar-refractivity contribution >= 4 is 5.91 Å². The molecule has 5 nitrogen and oxygen atoms in total. The first-order chi connectivity index (χ1) is 12.8. The van der Waals surface area contributed by atoms with Gasteiger partial charge in [-0.3, -0.25) is 9.69 Å². The van der Waals surface area contributed by atoms with Crippen LogP contribution in [0, 0.1) is 12.7 Å². The summed E-state index contributed by atoms with van der Waals surface area (Å²) in [5.74, 6) is -0.209. The quantitative estimate of drug-likeness (QED) is 0.865. The van der Waals surface area contributed by atoms with Crippen molar-refractivity contribution in [2.45, 2.75) is 25.7 Å². The second-order valence-corrected chi connectivity index (χ2v) is 6.48. The topological polar surface area (TPSA) is 67.6 Å². The summed E-state index contributed by atoms with van der Waals surface area (Å²) < 4.78 is 32.3. The zero-order valence-corrected chi connectivity index (χ0v) is 15.3. The Labute approximate surface area is 156 Å². The summed E-state index contributed by atoms with van der Waals surface area (Å²) in [6.45, 7) is 3.04. The second-order valence-electron chi connectivity index (χ2n) is 6.48. The van der Waals surface area contributed by atoms with Crippen molar-refractivity contribution in [1.82, 2.24) is 10.2 Å². The SMILES string of the molecule is Cc1cc(C2(c3cccc(F)c3)NC=C(N)N(C)C2=O)ccc1OC(C)F. The zero-order valence-electron chi connectivity index (χ0n) is 15.3. The fourth-order valence-corrected chi connectivity index (χ4v) is 3.20. The Hall–Kier alpha value is -3.09. The van der Waals surface area contributed by atoms with Crippen molar-refractivity contribution in [2.24, 2.45) is 5.73 Å². The molecule has 3 N–H and O–H groups in total. The van der Waals surface area contributed by atoms with Gasteiger partial charge in [0, 0.05) is 20.2 Å². The largest absolute Gasteiger partial charge is 0.460 e. The normalized spacial score (nSPS) is 20.7. The van der Waals surface area contributed by atoms with Crippen LogP contribution in [0.3, 0.4) is 0 Å².